The SMILES string of the molecule is CCC1CC(c2ccc(O)cc2)(c2ccc(O)cc2)C1. The minimum Gasteiger partial charge on any atom is -0.508 e. The summed E-state index contributed by atoms with van der Waals surface area (Å²) >= 11 is 0. The zero-order valence-corrected chi connectivity index (χ0v) is 11.7. The summed E-state index contributed by atoms with van der Waals surface area (Å²) in [6, 6.07) is 15.1. The van der Waals surface area contributed by atoms with E-state index >= 15 is 0 Å². The van der Waals surface area contributed by atoms with Crippen molar-refractivity contribution in [3.05, 3.63) is 59.7 Å². The van der Waals surface area contributed by atoms with Gasteiger partial charge in [-0.1, -0.05) is 37.6 Å². The standard InChI is InChI=1S/C18H20O2/c1-2-13-11-18(12-13,14-3-7-16(19)8-4-14)15-5-9-17(20)10-6-15/h3-10,13,19-20H,2,11-12H2,1H3. The van der Waals surface area contributed by atoms with Gasteiger partial charge in [0.05, 0.1) is 0 Å². The molecular formula is C18H20O2. The Morgan fingerprint density at radius 2 is 1.25 bits per heavy atom. The molecule has 0 atom stereocenters. The molecule has 1 saturated carbocycles. The van der Waals surface area contributed by atoms with E-state index in [1.165, 1.54) is 17.5 Å². The Morgan fingerprint density at radius 3 is 1.60 bits per heavy atom. The highest BCUT2D eigenvalue weighted by atomic mass is 16.3. The van der Waals surface area contributed by atoms with Gasteiger partial charge in [-0.25, -0.2) is 0 Å². The Bertz CT molecular complexity index is 530. The molecule has 20 heavy (non-hydrogen) atoms. The van der Waals surface area contributed by atoms with Gasteiger partial charge in [-0.15, -0.1) is 0 Å². The van der Waals surface area contributed by atoms with Gasteiger partial charge >= 0.3 is 0 Å². The fourth-order valence-electron chi connectivity index (χ4n) is 3.41. The first-order valence-electron chi connectivity index (χ1n) is 7.23. The van der Waals surface area contributed by atoms with E-state index in [0.29, 0.717) is 11.5 Å². The molecule has 104 valence electrons. The summed E-state index contributed by atoms with van der Waals surface area (Å²) in [5.41, 5.74) is 2.55. The van der Waals surface area contributed by atoms with E-state index in [0.717, 1.165) is 18.8 Å². The molecule has 2 heteroatoms. The summed E-state index contributed by atoms with van der Waals surface area (Å²) in [4.78, 5) is 0. The van der Waals surface area contributed by atoms with Gasteiger partial charge in [-0.05, 0) is 54.2 Å². The first kappa shape index (κ1) is 13.0. The Hall–Kier alpha value is -1.96. The molecule has 1 aliphatic carbocycles. The molecule has 2 N–H and O–H groups in total. The first-order chi connectivity index (χ1) is 9.64. The van der Waals surface area contributed by atoms with E-state index < -0.39 is 0 Å². The van der Waals surface area contributed by atoms with Gasteiger partial charge in [0.1, 0.15) is 11.5 Å². The quantitative estimate of drug-likeness (QED) is 0.875. The molecule has 0 unspecified atom stereocenters. The van der Waals surface area contributed by atoms with Crippen LogP contribution in [0.25, 0.3) is 0 Å². The summed E-state index contributed by atoms with van der Waals surface area (Å²) < 4.78 is 0. The molecule has 2 aromatic rings. The van der Waals surface area contributed by atoms with E-state index in [4.69, 9.17) is 0 Å². The number of benzene rings is 2. The third-order valence-corrected chi connectivity index (χ3v) is 4.69. The van der Waals surface area contributed by atoms with E-state index in [1.54, 1.807) is 24.3 Å². The van der Waals surface area contributed by atoms with Crippen molar-refractivity contribution < 1.29 is 10.2 Å². The average molecular weight is 268 g/mol. The predicted octanol–water partition coefficient (Wildman–Crippen LogP) is 4.20. The Labute approximate surface area is 119 Å². The van der Waals surface area contributed by atoms with Crippen LogP contribution in [0.1, 0.15) is 37.3 Å². The van der Waals surface area contributed by atoms with Gasteiger partial charge in [0.15, 0.2) is 0 Å². The zero-order chi connectivity index (χ0) is 14.2. The molecular weight excluding hydrogens is 248 g/mol. The van der Waals surface area contributed by atoms with Gasteiger partial charge in [-0.3, -0.25) is 0 Å². The molecule has 0 amide bonds. The molecule has 0 bridgehead atoms. The number of hydrogen-bond donors (Lipinski definition) is 2. The van der Waals surface area contributed by atoms with Crippen molar-refractivity contribution in [2.45, 2.75) is 31.6 Å². The molecule has 3 rings (SSSR count). The second-order valence-electron chi connectivity index (χ2n) is 5.86. The molecule has 0 radical (unpaired) electrons. The highest BCUT2D eigenvalue weighted by molar-refractivity contribution is 5.45. The van der Waals surface area contributed by atoms with Crippen molar-refractivity contribution >= 4 is 0 Å². The summed E-state index contributed by atoms with van der Waals surface area (Å²) in [5.74, 6) is 1.37. The fraction of sp³-hybridized carbons (Fsp3) is 0.333. The topological polar surface area (TPSA) is 40.5 Å². The maximum absolute atomic E-state index is 9.49. The van der Waals surface area contributed by atoms with E-state index in [2.05, 4.69) is 6.92 Å². The van der Waals surface area contributed by atoms with E-state index in [-0.39, 0.29) is 5.41 Å². The van der Waals surface area contributed by atoms with Crippen LogP contribution in [0.3, 0.4) is 0 Å². The summed E-state index contributed by atoms with van der Waals surface area (Å²) in [5, 5.41) is 19.0. The molecule has 1 aliphatic rings. The van der Waals surface area contributed by atoms with Crippen molar-refractivity contribution in [1.82, 2.24) is 0 Å². The number of rotatable bonds is 3. The molecule has 0 heterocycles. The largest absolute Gasteiger partial charge is 0.508 e. The Kier molecular flexibility index (Phi) is 3.17. The molecule has 1 fully saturated rings. The minimum absolute atomic E-state index is 0.0437. The molecule has 0 spiro atoms. The molecule has 0 aromatic heterocycles. The summed E-state index contributed by atoms with van der Waals surface area (Å²) in [7, 11) is 0. The van der Waals surface area contributed by atoms with Crippen LogP contribution in [0.15, 0.2) is 48.5 Å². The van der Waals surface area contributed by atoms with Crippen LogP contribution in [0, 0.1) is 5.92 Å². The predicted molar refractivity (Wildman–Crippen MR) is 80.0 cm³/mol. The fourth-order valence-corrected chi connectivity index (χ4v) is 3.41. The first-order valence-corrected chi connectivity index (χ1v) is 7.23. The Balaban J connectivity index is 2.01. The van der Waals surface area contributed by atoms with Crippen LogP contribution in [0.4, 0.5) is 0 Å². The number of aromatic hydroxyl groups is 2. The van der Waals surface area contributed by atoms with Crippen molar-refractivity contribution in [1.29, 1.82) is 0 Å². The van der Waals surface area contributed by atoms with Crippen LogP contribution in [0.2, 0.25) is 0 Å². The highest BCUT2D eigenvalue weighted by Gasteiger charge is 2.45. The molecule has 2 nitrogen and oxygen atoms in total. The second-order valence-corrected chi connectivity index (χ2v) is 5.86. The number of phenols is 2. The van der Waals surface area contributed by atoms with Gasteiger partial charge in [0.2, 0.25) is 0 Å². The van der Waals surface area contributed by atoms with Crippen molar-refractivity contribution in [3.63, 3.8) is 0 Å². The van der Waals surface area contributed by atoms with Gasteiger partial charge < -0.3 is 10.2 Å². The normalized spacial score (nSPS) is 17.6. The van der Waals surface area contributed by atoms with E-state index in [1.807, 2.05) is 24.3 Å². The third-order valence-electron chi connectivity index (χ3n) is 4.69. The molecule has 2 aromatic carbocycles. The average Bonchev–Trinajstić information content (AvgIpc) is 2.42. The van der Waals surface area contributed by atoms with Gasteiger partial charge in [0.25, 0.3) is 0 Å². The van der Waals surface area contributed by atoms with Crippen molar-refractivity contribution in [2.75, 3.05) is 0 Å². The molecule has 0 aliphatic heterocycles. The van der Waals surface area contributed by atoms with Crippen LogP contribution in [-0.2, 0) is 5.41 Å². The Morgan fingerprint density at radius 1 is 0.850 bits per heavy atom. The zero-order valence-electron chi connectivity index (χ0n) is 11.7. The van der Waals surface area contributed by atoms with E-state index in [9.17, 15) is 10.2 Å². The van der Waals surface area contributed by atoms with Crippen LogP contribution < -0.4 is 0 Å². The van der Waals surface area contributed by atoms with Crippen molar-refractivity contribution in [3.8, 4) is 11.5 Å². The monoisotopic (exact) mass is 268 g/mol. The van der Waals surface area contributed by atoms with Crippen molar-refractivity contribution in [2.24, 2.45) is 5.92 Å². The number of phenolic OH excluding ortho intramolecular Hbond substituents is 2. The maximum atomic E-state index is 9.49. The van der Waals surface area contributed by atoms with Crippen LogP contribution >= 0.6 is 0 Å². The second kappa shape index (κ2) is 4.86. The van der Waals surface area contributed by atoms with Crippen LogP contribution in [-0.4, -0.2) is 10.2 Å². The summed E-state index contributed by atoms with van der Waals surface area (Å²) in [6.07, 6.45) is 3.48. The lowest BCUT2D eigenvalue weighted by molar-refractivity contribution is 0.177. The lowest BCUT2D eigenvalue weighted by Crippen LogP contribution is -2.42. The van der Waals surface area contributed by atoms with Crippen LogP contribution in [0.5, 0.6) is 11.5 Å². The van der Waals surface area contributed by atoms with Gasteiger partial charge in [0, 0.05) is 5.41 Å². The van der Waals surface area contributed by atoms with Gasteiger partial charge in [-0.2, -0.15) is 0 Å². The lowest BCUT2D eigenvalue weighted by Gasteiger charge is -2.49. The molecule has 0 saturated heterocycles. The minimum atomic E-state index is 0.0437. The third kappa shape index (κ3) is 2.05. The lowest BCUT2D eigenvalue weighted by atomic mass is 9.55. The maximum Gasteiger partial charge on any atom is 0.115 e. The smallest absolute Gasteiger partial charge is 0.115 e. The highest BCUT2D eigenvalue weighted by Crippen LogP contribution is 2.53. The number of hydrogen-bond acceptors (Lipinski definition) is 2. The summed E-state index contributed by atoms with van der Waals surface area (Å²) in [6.45, 7) is 2.24.